The number of aromatic nitrogens is 2. The summed E-state index contributed by atoms with van der Waals surface area (Å²) in [5.41, 5.74) is -0.480. The number of halogens is 4. The van der Waals surface area contributed by atoms with Crippen LogP contribution in [0.5, 0.6) is 0 Å². The van der Waals surface area contributed by atoms with Crippen LogP contribution in [0.25, 0.3) is 11.5 Å². The van der Waals surface area contributed by atoms with Gasteiger partial charge in [-0.25, -0.2) is 0 Å². The molecular formula is C12H8BrF3N2O. The van der Waals surface area contributed by atoms with Crippen LogP contribution in [0.3, 0.4) is 0 Å². The smallest absolute Gasteiger partial charge is 0.417 e. The second-order valence-corrected chi connectivity index (χ2v) is 5.27. The standard InChI is InChI=1S/C12H8BrF3N2O/c13-9-4-3-7(5-8(9)12(14,15)16)11-18-17-10(19-11)6-1-2-6/h3-6H,1-2H2. The fourth-order valence-corrected chi connectivity index (χ4v) is 2.19. The first-order valence-electron chi connectivity index (χ1n) is 5.65. The number of hydrogen-bond acceptors (Lipinski definition) is 3. The molecule has 1 fully saturated rings. The molecule has 0 aliphatic heterocycles. The van der Waals surface area contributed by atoms with Crippen LogP contribution < -0.4 is 0 Å². The van der Waals surface area contributed by atoms with Crippen LogP contribution in [-0.4, -0.2) is 10.2 Å². The predicted octanol–water partition coefficient (Wildman–Crippen LogP) is 4.40. The Morgan fingerprint density at radius 1 is 1.21 bits per heavy atom. The van der Waals surface area contributed by atoms with E-state index in [1.165, 1.54) is 12.1 Å². The summed E-state index contributed by atoms with van der Waals surface area (Å²) in [6, 6.07) is 3.86. The van der Waals surface area contributed by atoms with Gasteiger partial charge in [0.15, 0.2) is 0 Å². The van der Waals surface area contributed by atoms with E-state index in [0.717, 1.165) is 18.9 Å². The van der Waals surface area contributed by atoms with Gasteiger partial charge < -0.3 is 4.42 Å². The molecule has 1 aromatic carbocycles. The lowest BCUT2D eigenvalue weighted by molar-refractivity contribution is -0.138. The second-order valence-electron chi connectivity index (χ2n) is 4.41. The van der Waals surface area contributed by atoms with Crippen LogP contribution in [0.4, 0.5) is 13.2 Å². The van der Waals surface area contributed by atoms with E-state index in [2.05, 4.69) is 26.1 Å². The molecule has 100 valence electrons. The summed E-state index contributed by atoms with van der Waals surface area (Å²) in [6.07, 6.45) is -2.43. The Morgan fingerprint density at radius 3 is 2.58 bits per heavy atom. The maximum absolute atomic E-state index is 12.8. The Kier molecular flexibility index (Phi) is 2.88. The van der Waals surface area contributed by atoms with Crippen molar-refractivity contribution in [1.82, 2.24) is 10.2 Å². The second kappa shape index (κ2) is 4.33. The van der Waals surface area contributed by atoms with Crippen molar-refractivity contribution in [2.45, 2.75) is 24.9 Å². The van der Waals surface area contributed by atoms with Gasteiger partial charge in [0.25, 0.3) is 0 Å². The summed E-state index contributed by atoms with van der Waals surface area (Å²) >= 11 is 2.89. The van der Waals surface area contributed by atoms with Crippen LogP contribution in [-0.2, 0) is 6.18 Å². The van der Waals surface area contributed by atoms with Crippen molar-refractivity contribution in [2.75, 3.05) is 0 Å². The molecule has 0 radical (unpaired) electrons. The highest BCUT2D eigenvalue weighted by atomic mass is 79.9. The zero-order valence-electron chi connectivity index (χ0n) is 9.54. The molecule has 1 heterocycles. The number of benzene rings is 1. The van der Waals surface area contributed by atoms with Crippen molar-refractivity contribution in [2.24, 2.45) is 0 Å². The van der Waals surface area contributed by atoms with Crippen LogP contribution in [0.15, 0.2) is 27.1 Å². The van der Waals surface area contributed by atoms with E-state index in [9.17, 15) is 13.2 Å². The molecule has 0 saturated heterocycles. The number of hydrogen-bond donors (Lipinski definition) is 0. The van der Waals surface area contributed by atoms with Gasteiger partial charge in [-0.3, -0.25) is 0 Å². The zero-order valence-corrected chi connectivity index (χ0v) is 11.1. The maximum Gasteiger partial charge on any atom is 0.417 e. The lowest BCUT2D eigenvalue weighted by Crippen LogP contribution is -2.06. The summed E-state index contributed by atoms with van der Waals surface area (Å²) in [6.45, 7) is 0. The highest BCUT2D eigenvalue weighted by Crippen LogP contribution is 2.41. The Bertz CT molecular complexity index is 620. The molecular weight excluding hydrogens is 325 g/mol. The molecule has 2 aromatic rings. The van der Waals surface area contributed by atoms with Gasteiger partial charge in [0.1, 0.15) is 0 Å². The van der Waals surface area contributed by atoms with Crippen molar-refractivity contribution < 1.29 is 17.6 Å². The van der Waals surface area contributed by atoms with E-state index in [4.69, 9.17) is 4.42 Å². The highest BCUT2D eigenvalue weighted by molar-refractivity contribution is 9.10. The normalized spacial score (nSPS) is 15.8. The minimum atomic E-state index is -4.42. The Morgan fingerprint density at radius 2 is 1.95 bits per heavy atom. The topological polar surface area (TPSA) is 38.9 Å². The molecule has 1 aliphatic rings. The van der Waals surface area contributed by atoms with Gasteiger partial charge in [0, 0.05) is 16.0 Å². The van der Waals surface area contributed by atoms with Gasteiger partial charge in [0.2, 0.25) is 11.8 Å². The van der Waals surface area contributed by atoms with Crippen LogP contribution in [0.1, 0.15) is 30.2 Å². The van der Waals surface area contributed by atoms with Gasteiger partial charge in [0.05, 0.1) is 5.56 Å². The van der Waals surface area contributed by atoms with Gasteiger partial charge in [-0.05, 0) is 31.0 Å². The van der Waals surface area contributed by atoms with Crippen LogP contribution >= 0.6 is 15.9 Å². The molecule has 0 atom stereocenters. The molecule has 3 nitrogen and oxygen atoms in total. The van der Waals surface area contributed by atoms with Crippen molar-refractivity contribution >= 4 is 15.9 Å². The summed E-state index contributed by atoms with van der Waals surface area (Å²) in [4.78, 5) is 0. The lowest BCUT2D eigenvalue weighted by atomic mass is 10.1. The molecule has 1 aliphatic carbocycles. The van der Waals surface area contributed by atoms with E-state index in [0.29, 0.717) is 5.89 Å². The van der Waals surface area contributed by atoms with E-state index in [1.54, 1.807) is 0 Å². The number of rotatable bonds is 2. The van der Waals surface area contributed by atoms with Gasteiger partial charge in [-0.1, -0.05) is 15.9 Å². The molecule has 19 heavy (non-hydrogen) atoms. The SMILES string of the molecule is FC(F)(F)c1cc(-c2nnc(C3CC3)o2)ccc1Br. The largest absolute Gasteiger partial charge is 0.420 e. The zero-order chi connectivity index (χ0) is 13.6. The van der Waals surface area contributed by atoms with Crippen molar-refractivity contribution in [1.29, 1.82) is 0 Å². The summed E-state index contributed by atoms with van der Waals surface area (Å²) in [5.74, 6) is 0.908. The van der Waals surface area contributed by atoms with Gasteiger partial charge >= 0.3 is 6.18 Å². The van der Waals surface area contributed by atoms with E-state index in [-0.39, 0.29) is 21.8 Å². The fourth-order valence-electron chi connectivity index (χ4n) is 1.72. The Labute approximate surface area is 115 Å². The average molecular weight is 333 g/mol. The van der Waals surface area contributed by atoms with Crippen LogP contribution in [0.2, 0.25) is 0 Å². The molecule has 0 spiro atoms. The van der Waals surface area contributed by atoms with E-state index < -0.39 is 11.7 Å². The summed E-state index contributed by atoms with van der Waals surface area (Å²) < 4.78 is 43.8. The minimum Gasteiger partial charge on any atom is -0.420 e. The quantitative estimate of drug-likeness (QED) is 0.818. The number of nitrogens with zero attached hydrogens (tertiary/aromatic N) is 2. The molecule has 0 amide bonds. The summed E-state index contributed by atoms with van der Waals surface area (Å²) in [5, 5.41) is 7.66. The lowest BCUT2D eigenvalue weighted by Gasteiger charge is -2.09. The summed E-state index contributed by atoms with van der Waals surface area (Å²) in [7, 11) is 0. The highest BCUT2D eigenvalue weighted by Gasteiger charge is 2.34. The fraction of sp³-hybridized carbons (Fsp3) is 0.333. The average Bonchev–Trinajstić information content (AvgIpc) is 3.07. The minimum absolute atomic E-state index is 0.00863. The number of alkyl halides is 3. The Hall–Kier alpha value is -1.37. The van der Waals surface area contributed by atoms with E-state index >= 15 is 0 Å². The molecule has 0 bridgehead atoms. The van der Waals surface area contributed by atoms with Crippen LogP contribution in [0, 0.1) is 0 Å². The van der Waals surface area contributed by atoms with Crippen molar-refractivity contribution in [3.05, 3.63) is 34.1 Å². The molecule has 1 saturated carbocycles. The monoisotopic (exact) mass is 332 g/mol. The first-order chi connectivity index (χ1) is 8.95. The third kappa shape index (κ3) is 2.51. The first-order valence-corrected chi connectivity index (χ1v) is 6.45. The van der Waals surface area contributed by atoms with Crippen molar-refractivity contribution in [3.8, 4) is 11.5 Å². The van der Waals surface area contributed by atoms with Gasteiger partial charge in [-0.15, -0.1) is 10.2 Å². The van der Waals surface area contributed by atoms with Gasteiger partial charge in [-0.2, -0.15) is 13.2 Å². The third-order valence-electron chi connectivity index (χ3n) is 2.89. The molecule has 3 rings (SSSR count). The maximum atomic E-state index is 12.8. The third-order valence-corrected chi connectivity index (χ3v) is 3.58. The molecule has 1 aromatic heterocycles. The molecule has 7 heteroatoms. The first kappa shape index (κ1) is 12.7. The predicted molar refractivity (Wildman–Crippen MR) is 64.4 cm³/mol. The van der Waals surface area contributed by atoms with Crippen molar-refractivity contribution in [3.63, 3.8) is 0 Å². The molecule has 0 unspecified atom stereocenters. The van der Waals surface area contributed by atoms with E-state index in [1.807, 2.05) is 0 Å². The molecule has 0 N–H and O–H groups in total. The Balaban J connectivity index is 1.99.